The Kier molecular flexibility index (Phi) is 6.53. The van der Waals surface area contributed by atoms with Crippen molar-refractivity contribution in [3.8, 4) is 0 Å². The molecular formula is C8H22N2O2Si. The quantitative estimate of drug-likeness (QED) is 0.590. The van der Waals surface area contributed by atoms with E-state index in [1.165, 1.54) is 0 Å². The average molecular weight is 206 g/mol. The van der Waals surface area contributed by atoms with Crippen LogP contribution in [0.2, 0.25) is 6.04 Å². The SMILES string of the molecule is CCCC(N)[Si](CCN)(OC)OC. The maximum atomic E-state index is 6.03. The van der Waals surface area contributed by atoms with Gasteiger partial charge in [0.1, 0.15) is 0 Å². The maximum Gasteiger partial charge on any atom is 0.356 e. The maximum absolute atomic E-state index is 6.03. The summed E-state index contributed by atoms with van der Waals surface area (Å²) in [6.07, 6.45) is 1.99. The van der Waals surface area contributed by atoms with E-state index in [9.17, 15) is 0 Å². The third-order valence-electron chi connectivity index (χ3n) is 2.35. The minimum absolute atomic E-state index is 0.0241. The average Bonchev–Trinajstić information content (AvgIpc) is 2.14. The van der Waals surface area contributed by atoms with Gasteiger partial charge in [-0.15, -0.1) is 0 Å². The van der Waals surface area contributed by atoms with Crippen LogP contribution in [0.1, 0.15) is 19.8 Å². The van der Waals surface area contributed by atoms with Crippen LogP contribution in [-0.2, 0) is 8.85 Å². The molecule has 0 aliphatic carbocycles. The van der Waals surface area contributed by atoms with Crippen molar-refractivity contribution in [2.75, 3.05) is 20.8 Å². The van der Waals surface area contributed by atoms with Crippen LogP contribution < -0.4 is 11.5 Å². The van der Waals surface area contributed by atoms with Gasteiger partial charge in [0, 0.05) is 25.9 Å². The van der Waals surface area contributed by atoms with Crippen molar-refractivity contribution in [2.24, 2.45) is 11.5 Å². The molecule has 4 N–H and O–H groups in total. The molecule has 0 radical (unpaired) electrons. The first-order valence-electron chi connectivity index (χ1n) is 4.72. The highest BCUT2D eigenvalue weighted by Crippen LogP contribution is 2.17. The largest absolute Gasteiger partial charge is 0.397 e. The van der Waals surface area contributed by atoms with Crippen LogP contribution in [0.5, 0.6) is 0 Å². The van der Waals surface area contributed by atoms with Crippen molar-refractivity contribution >= 4 is 8.56 Å². The van der Waals surface area contributed by atoms with E-state index in [1.807, 2.05) is 0 Å². The predicted molar refractivity (Wildman–Crippen MR) is 56.5 cm³/mol. The Morgan fingerprint density at radius 3 is 2.15 bits per heavy atom. The molecule has 13 heavy (non-hydrogen) atoms. The van der Waals surface area contributed by atoms with Gasteiger partial charge < -0.3 is 20.3 Å². The molecule has 1 atom stereocenters. The molecule has 0 amide bonds. The van der Waals surface area contributed by atoms with Crippen molar-refractivity contribution in [3.63, 3.8) is 0 Å². The van der Waals surface area contributed by atoms with E-state index in [0.29, 0.717) is 6.54 Å². The van der Waals surface area contributed by atoms with E-state index in [1.54, 1.807) is 14.2 Å². The van der Waals surface area contributed by atoms with Gasteiger partial charge in [-0.25, -0.2) is 0 Å². The van der Waals surface area contributed by atoms with Crippen LogP contribution >= 0.6 is 0 Å². The zero-order valence-corrected chi connectivity index (χ0v) is 9.88. The number of hydrogen-bond donors (Lipinski definition) is 2. The topological polar surface area (TPSA) is 70.5 Å². The Balaban J connectivity index is 4.33. The van der Waals surface area contributed by atoms with Gasteiger partial charge in [0.2, 0.25) is 0 Å². The van der Waals surface area contributed by atoms with Gasteiger partial charge in [-0.3, -0.25) is 0 Å². The van der Waals surface area contributed by atoms with E-state index >= 15 is 0 Å². The summed E-state index contributed by atoms with van der Waals surface area (Å²) in [7, 11) is 1.12. The molecule has 5 heteroatoms. The first kappa shape index (κ1) is 13.1. The van der Waals surface area contributed by atoms with Gasteiger partial charge in [0.05, 0.1) is 0 Å². The van der Waals surface area contributed by atoms with E-state index in [2.05, 4.69) is 6.92 Å². The molecule has 0 saturated carbocycles. The lowest BCUT2D eigenvalue weighted by atomic mass is 10.3. The van der Waals surface area contributed by atoms with Crippen molar-refractivity contribution in [1.29, 1.82) is 0 Å². The molecule has 0 spiro atoms. The number of nitrogens with two attached hydrogens (primary N) is 2. The lowest BCUT2D eigenvalue weighted by Gasteiger charge is -2.32. The second-order valence-corrected chi connectivity index (χ2v) is 6.84. The van der Waals surface area contributed by atoms with Gasteiger partial charge in [-0.05, 0) is 13.0 Å². The summed E-state index contributed by atoms with van der Waals surface area (Å²) in [6, 6.07) is 0.765. The Hall–Kier alpha value is 0.0569. The standard InChI is InChI=1S/C8H22N2O2Si/c1-4-5-8(10)13(11-2,12-3)7-6-9/h8H,4-7,9-10H2,1-3H3. The van der Waals surface area contributed by atoms with Gasteiger partial charge in [0.15, 0.2) is 0 Å². The monoisotopic (exact) mass is 206 g/mol. The summed E-state index contributed by atoms with van der Waals surface area (Å²) in [6.45, 7) is 2.68. The van der Waals surface area contributed by atoms with Gasteiger partial charge in [-0.2, -0.15) is 0 Å². The van der Waals surface area contributed by atoms with Crippen molar-refractivity contribution in [3.05, 3.63) is 0 Å². The van der Waals surface area contributed by atoms with E-state index in [0.717, 1.165) is 18.9 Å². The Morgan fingerprint density at radius 1 is 1.31 bits per heavy atom. The third-order valence-corrected chi connectivity index (χ3v) is 6.13. The zero-order valence-electron chi connectivity index (χ0n) is 8.88. The highest BCUT2D eigenvalue weighted by molar-refractivity contribution is 6.69. The molecule has 0 fully saturated rings. The van der Waals surface area contributed by atoms with Crippen LogP contribution in [0.3, 0.4) is 0 Å². The molecule has 80 valence electrons. The molecule has 0 aromatic carbocycles. The normalized spacial score (nSPS) is 14.5. The van der Waals surface area contributed by atoms with Crippen LogP contribution in [0, 0.1) is 0 Å². The molecule has 0 aromatic rings. The minimum Gasteiger partial charge on any atom is -0.397 e. The summed E-state index contributed by atoms with van der Waals surface area (Å²) < 4.78 is 10.9. The Labute approximate surface area is 81.8 Å². The highest BCUT2D eigenvalue weighted by atomic mass is 28.4. The fraction of sp³-hybridized carbons (Fsp3) is 1.00. The van der Waals surface area contributed by atoms with E-state index in [4.69, 9.17) is 20.3 Å². The first-order valence-corrected chi connectivity index (χ1v) is 6.82. The minimum atomic E-state index is -2.22. The third kappa shape index (κ3) is 3.36. The molecule has 0 bridgehead atoms. The molecular weight excluding hydrogens is 184 g/mol. The van der Waals surface area contributed by atoms with Gasteiger partial charge in [-0.1, -0.05) is 13.3 Å². The first-order chi connectivity index (χ1) is 6.16. The van der Waals surface area contributed by atoms with Gasteiger partial charge >= 0.3 is 8.56 Å². The van der Waals surface area contributed by atoms with Crippen LogP contribution in [0.25, 0.3) is 0 Å². The summed E-state index contributed by atoms with van der Waals surface area (Å²) in [5, 5.41) is 0. The van der Waals surface area contributed by atoms with E-state index in [-0.39, 0.29) is 5.67 Å². The smallest absolute Gasteiger partial charge is 0.356 e. The van der Waals surface area contributed by atoms with E-state index < -0.39 is 8.56 Å². The molecule has 0 heterocycles. The van der Waals surface area contributed by atoms with Crippen LogP contribution in [0.15, 0.2) is 0 Å². The Bertz CT molecular complexity index is 131. The summed E-state index contributed by atoms with van der Waals surface area (Å²) in [4.78, 5) is 0. The molecule has 4 nitrogen and oxygen atoms in total. The fourth-order valence-corrected chi connectivity index (χ4v) is 4.19. The van der Waals surface area contributed by atoms with Crippen molar-refractivity contribution in [1.82, 2.24) is 0 Å². The molecule has 1 unspecified atom stereocenters. The van der Waals surface area contributed by atoms with Crippen LogP contribution in [0.4, 0.5) is 0 Å². The molecule has 0 aliphatic rings. The fourth-order valence-electron chi connectivity index (χ4n) is 1.51. The summed E-state index contributed by atoms with van der Waals surface area (Å²) in [5.74, 6) is 0. The van der Waals surface area contributed by atoms with Crippen molar-refractivity contribution in [2.45, 2.75) is 31.5 Å². The molecule has 0 saturated heterocycles. The summed E-state index contributed by atoms with van der Waals surface area (Å²) in [5.41, 5.74) is 11.6. The lowest BCUT2D eigenvalue weighted by Crippen LogP contribution is -2.57. The molecule has 0 aliphatic heterocycles. The zero-order chi connectivity index (χ0) is 10.3. The Morgan fingerprint density at radius 2 is 1.85 bits per heavy atom. The van der Waals surface area contributed by atoms with Crippen LogP contribution in [-0.4, -0.2) is 35.0 Å². The lowest BCUT2D eigenvalue weighted by molar-refractivity contribution is 0.228. The second-order valence-electron chi connectivity index (χ2n) is 3.15. The molecule has 0 rings (SSSR count). The highest BCUT2D eigenvalue weighted by Gasteiger charge is 2.41. The van der Waals surface area contributed by atoms with Crippen molar-refractivity contribution < 1.29 is 8.85 Å². The summed E-state index contributed by atoms with van der Waals surface area (Å²) >= 11 is 0. The van der Waals surface area contributed by atoms with Gasteiger partial charge in [0.25, 0.3) is 0 Å². The molecule has 0 aromatic heterocycles. The number of rotatable bonds is 7. The second kappa shape index (κ2) is 6.50. The number of hydrogen-bond acceptors (Lipinski definition) is 4. The predicted octanol–water partition coefficient (Wildman–Crippen LogP) is 0.347.